The summed E-state index contributed by atoms with van der Waals surface area (Å²) in [6.07, 6.45) is 3.50. The normalized spacial score (nSPS) is 13.9. The monoisotopic (exact) mass is 266 g/mol. The Labute approximate surface area is 118 Å². The van der Waals surface area contributed by atoms with E-state index in [1.54, 1.807) is 0 Å². The van der Waals surface area contributed by atoms with Gasteiger partial charge in [-0.05, 0) is 49.7 Å². The topological polar surface area (TPSA) is 0 Å². The lowest BCUT2D eigenvalue weighted by Gasteiger charge is -2.18. The summed E-state index contributed by atoms with van der Waals surface area (Å²) in [5, 5.41) is 0. The Morgan fingerprint density at radius 2 is 1.50 bits per heavy atom. The van der Waals surface area contributed by atoms with Crippen LogP contribution in [0.4, 0.5) is 0 Å². The third kappa shape index (κ3) is 5.44. The molecular weight excluding hydrogens is 240 g/mol. The van der Waals surface area contributed by atoms with Crippen LogP contribution in [0.3, 0.4) is 0 Å². The van der Waals surface area contributed by atoms with Gasteiger partial charge in [-0.3, -0.25) is 0 Å². The van der Waals surface area contributed by atoms with E-state index in [9.17, 15) is 0 Å². The molecule has 0 bridgehead atoms. The predicted octanol–water partition coefficient (Wildman–Crippen LogP) is 6.10. The van der Waals surface area contributed by atoms with Crippen molar-refractivity contribution >= 4 is 11.6 Å². The molecule has 0 saturated carbocycles. The van der Waals surface area contributed by atoms with E-state index in [4.69, 9.17) is 11.6 Å². The fraction of sp³-hybridized carbons (Fsp3) is 0.647. The van der Waals surface area contributed by atoms with Crippen LogP contribution in [-0.4, -0.2) is 4.87 Å². The van der Waals surface area contributed by atoms with Crippen molar-refractivity contribution in [1.29, 1.82) is 0 Å². The van der Waals surface area contributed by atoms with Gasteiger partial charge in [-0.25, -0.2) is 0 Å². The molecule has 0 aliphatic carbocycles. The second kappa shape index (κ2) is 6.61. The number of hydrogen-bond donors (Lipinski definition) is 0. The summed E-state index contributed by atoms with van der Waals surface area (Å²) in [5.41, 5.74) is 2.87. The van der Waals surface area contributed by atoms with Crippen LogP contribution < -0.4 is 0 Å². The lowest BCUT2D eigenvalue weighted by Crippen LogP contribution is -2.09. The summed E-state index contributed by atoms with van der Waals surface area (Å²) in [5.74, 6) is 1.25. The van der Waals surface area contributed by atoms with Crippen LogP contribution in [0.1, 0.15) is 76.8 Å². The van der Waals surface area contributed by atoms with Gasteiger partial charge in [-0.15, -0.1) is 11.6 Å². The zero-order chi connectivity index (χ0) is 13.8. The average molecular weight is 267 g/mol. The van der Waals surface area contributed by atoms with Gasteiger partial charge in [0, 0.05) is 4.87 Å². The third-order valence-electron chi connectivity index (χ3n) is 3.58. The van der Waals surface area contributed by atoms with Crippen molar-refractivity contribution in [3.63, 3.8) is 0 Å². The molecular formula is C17H27Cl. The number of hydrogen-bond acceptors (Lipinski definition) is 0. The number of halogens is 1. The molecule has 0 amide bonds. The maximum Gasteiger partial charge on any atom is 0.0390 e. The van der Waals surface area contributed by atoms with Gasteiger partial charge in [0.25, 0.3) is 0 Å². The molecule has 0 spiro atoms. The van der Waals surface area contributed by atoms with Crippen LogP contribution in [-0.2, 0) is 0 Å². The van der Waals surface area contributed by atoms with Gasteiger partial charge in [0.1, 0.15) is 0 Å². The van der Waals surface area contributed by atoms with Crippen LogP contribution in [0.15, 0.2) is 24.3 Å². The summed E-state index contributed by atoms with van der Waals surface area (Å²) in [6, 6.07) is 9.10. The van der Waals surface area contributed by atoms with Gasteiger partial charge in [0.05, 0.1) is 0 Å². The van der Waals surface area contributed by atoms with Crippen LogP contribution in [0.2, 0.25) is 0 Å². The zero-order valence-electron chi connectivity index (χ0n) is 12.5. The SMILES string of the molecule is CC(C)c1ccc(C(C)CCCC(C)(C)Cl)cc1. The molecule has 0 saturated heterocycles. The van der Waals surface area contributed by atoms with Crippen LogP contribution in [0.25, 0.3) is 0 Å². The average Bonchev–Trinajstić information content (AvgIpc) is 2.27. The second-order valence-electron chi connectivity index (χ2n) is 6.33. The molecule has 0 N–H and O–H groups in total. The molecule has 1 rings (SSSR count). The minimum atomic E-state index is -0.0543. The summed E-state index contributed by atoms with van der Waals surface area (Å²) >= 11 is 6.22. The molecule has 1 atom stereocenters. The Kier molecular flexibility index (Phi) is 5.72. The molecule has 1 unspecified atom stereocenters. The van der Waals surface area contributed by atoms with E-state index >= 15 is 0 Å². The van der Waals surface area contributed by atoms with Gasteiger partial charge in [0.2, 0.25) is 0 Å². The molecule has 0 radical (unpaired) electrons. The molecule has 102 valence electrons. The Bertz CT molecular complexity index is 343. The van der Waals surface area contributed by atoms with Crippen molar-refractivity contribution in [2.45, 2.75) is 70.6 Å². The first-order valence-corrected chi connectivity index (χ1v) is 7.46. The molecule has 18 heavy (non-hydrogen) atoms. The van der Waals surface area contributed by atoms with Crippen molar-refractivity contribution in [2.24, 2.45) is 0 Å². The third-order valence-corrected chi connectivity index (χ3v) is 3.77. The summed E-state index contributed by atoms with van der Waals surface area (Å²) in [6.45, 7) is 11.0. The maximum atomic E-state index is 6.22. The van der Waals surface area contributed by atoms with Crippen LogP contribution in [0.5, 0.6) is 0 Å². The fourth-order valence-electron chi connectivity index (χ4n) is 2.20. The van der Waals surface area contributed by atoms with Gasteiger partial charge in [-0.1, -0.05) is 51.5 Å². The van der Waals surface area contributed by atoms with Crippen molar-refractivity contribution in [3.8, 4) is 0 Å². The van der Waals surface area contributed by atoms with Crippen molar-refractivity contribution < 1.29 is 0 Å². The smallest absolute Gasteiger partial charge is 0.0390 e. The highest BCUT2D eigenvalue weighted by atomic mass is 35.5. The van der Waals surface area contributed by atoms with Crippen molar-refractivity contribution in [3.05, 3.63) is 35.4 Å². The minimum absolute atomic E-state index is 0.0543. The lowest BCUT2D eigenvalue weighted by molar-refractivity contribution is 0.537. The molecule has 0 nitrogen and oxygen atoms in total. The minimum Gasteiger partial charge on any atom is -0.120 e. The first-order valence-electron chi connectivity index (χ1n) is 7.08. The highest BCUT2D eigenvalue weighted by Crippen LogP contribution is 2.27. The van der Waals surface area contributed by atoms with E-state index in [0.717, 1.165) is 6.42 Å². The van der Waals surface area contributed by atoms with Gasteiger partial charge in [-0.2, -0.15) is 0 Å². The van der Waals surface area contributed by atoms with Gasteiger partial charge < -0.3 is 0 Å². The predicted molar refractivity (Wildman–Crippen MR) is 82.7 cm³/mol. The summed E-state index contributed by atoms with van der Waals surface area (Å²) in [4.78, 5) is -0.0543. The van der Waals surface area contributed by atoms with E-state index in [2.05, 4.69) is 58.9 Å². The molecule has 1 aromatic rings. The first kappa shape index (κ1) is 15.6. The molecule has 1 aromatic carbocycles. The Balaban J connectivity index is 2.49. The molecule has 0 heterocycles. The Morgan fingerprint density at radius 3 is 1.94 bits per heavy atom. The highest BCUT2D eigenvalue weighted by Gasteiger charge is 2.14. The van der Waals surface area contributed by atoms with Gasteiger partial charge >= 0.3 is 0 Å². The summed E-state index contributed by atoms with van der Waals surface area (Å²) in [7, 11) is 0. The van der Waals surface area contributed by atoms with Crippen LogP contribution in [0, 0.1) is 0 Å². The molecule has 0 fully saturated rings. The standard InChI is InChI=1S/C17H27Cl/c1-13(2)15-8-10-16(11-9-15)14(3)7-6-12-17(4,5)18/h8-11,13-14H,6-7,12H2,1-5H3. The van der Waals surface area contributed by atoms with E-state index < -0.39 is 0 Å². The Morgan fingerprint density at radius 1 is 1.00 bits per heavy atom. The zero-order valence-corrected chi connectivity index (χ0v) is 13.2. The molecule has 0 aliphatic heterocycles. The summed E-state index contributed by atoms with van der Waals surface area (Å²) < 4.78 is 0. The molecule has 0 aliphatic rings. The highest BCUT2D eigenvalue weighted by molar-refractivity contribution is 6.23. The van der Waals surface area contributed by atoms with Gasteiger partial charge in [0.15, 0.2) is 0 Å². The number of alkyl halides is 1. The number of benzene rings is 1. The second-order valence-corrected chi connectivity index (χ2v) is 7.36. The Hall–Kier alpha value is -0.490. The molecule has 1 heteroatoms. The first-order chi connectivity index (χ1) is 8.29. The fourth-order valence-corrected chi connectivity index (χ4v) is 2.34. The van der Waals surface area contributed by atoms with Crippen molar-refractivity contribution in [1.82, 2.24) is 0 Å². The van der Waals surface area contributed by atoms with Crippen molar-refractivity contribution in [2.75, 3.05) is 0 Å². The molecule has 0 aromatic heterocycles. The largest absolute Gasteiger partial charge is 0.120 e. The number of rotatable bonds is 6. The van der Waals surface area contributed by atoms with E-state index in [-0.39, 0.29) is 4.87 Å². The van der Waals surface area contributed by atoms with E-state index in [1.807, 2.05) is 0 Å². The lowest BCUT2D eigenvalue weighted by atomic mass is 9.91. The van der Waals surface area contributed by atoms with E-state index in [0.29, 0.717) is 11.8 Å². The quantitative estimate of drug-likeness (QED) is 0.546. The van der Waals surface area contributed by atoms with E-state index in [1.165, 1.54) is 24.0 Å². The van der Waals surface area contributed by atoms with Crippen LogP contribution >= 0.6 is 11.6 Å². The maximum absolute atomic E-state index is 6.22.